The maximum atomic E-state index is 9.75. The number of ether oxygens (including phenoxy) is 1. The molecule has 130 valence electrons. The molecule has 0 bridgehead atoms. The normalized spacial score (nSPS) is 10.6. The van der Waals surface area contributed by atoms with Crippen molar-refractivity contribution in [3.63, 3.8) is 0 Å². The standard InChI is InChI=1S/C18H15OS.BF4/c1-19-16-12-10-15(11-13-16)18-9-5-8-17(20-18)14-6-3-2-4-7-14;2-1(3,4)5/h2-13H,1H3;/q+1;-1. The Morgan fingerprint density at radius 1 is 0.680 bits per heavy atom. The summed E-state index contributed by atoms with van der Waals surface area (Å²) in [5.41, 5.74) is 2.47. The number of methoxy groups -OCH3 is 1. The van der Waals surface area contributed by atoms with Crippen molar-refractivity contribution < 1.29 is 22.0 Å². The van der Waals surface area contributed by atoms with Gasteiger partial charge in [-0.05, 0) is 36.4 Å². The Morgan fingerprint density at radius 3 is 1.64 bits per heavy atom. The van der Waals surface area contributed by atoms with Gasteiger partial charge >= 0.3 is 7.25 Å². The Hall–Kier alpha value is -2.41. The summed E-state index contributed by atoms with van der Waals surface area (Å²) in [5.74, 6) is 0.887. The Labute approximate surface area is 147 Å². The fourth-order valence-electron chi connectivity index (χ4n) is 2.08. The lowest BCUT2D eigenvalue weighted by Gasteiger charge is -1.99. The Kier molecular flexibility index (Phi) is 6.53. The molecule has 2 aromatic carbocycles. The molecule has 3 aromatic rings. The first kappa shape index (κ1) is 18.9. The average Bonchev–Trinajstić information content (AvgIpc) is 2.61. The highest BCUT2D eigenvalue weighted by atomic mass is 32.1. The van der Waals surface area contributed by atoms with E-state index in [0.29, 0.717) is 0 Å². The predicted molar refractivity (Wildman–Crippen MR) is 96.3 cm³/mol. The summed E-state index contributed by atoms with van der Waals surface area (Å²) in [5, 5.41) is 0. The highest BCUT2D eigenvalue weighted by molar-refractivity contribution is 7.18. The Balaban J connectivity index is 0.000000399. The molecule has 0 N–H and O–H groups in total. The number of hydrogen-bond acceptors (Lipinski definition) is 1. The molecule has 0 atom stereocenters. The lowest BCUT2D eigenvalue weighted by Crippen LogP contribution is -2.02. The summed E-state index contributed by atoms with van der Waals surface area (Å²) in [6.45, 7) is 0. The molecule has 1 aromatic heterocycles. The van der Waals surface area contributed by atoms with Gasteiger partial charge in [-0.3, -0.25) is 0 Å². The van der Waals surface area contributed by atoms with Gasteiger partial charge in [-0.25, -0.2) is 0 Å². The molecule has 0 amide bonds. The molecule has 0 aliphatic rings. The first-order chi connectivity index (χ1) is 11.9. The van der Waals surface area contributed by atoms with E-state index in [1.165, 1.54) is 20.9 Å². The number of hydrogen-bond donors (Lipinski definition) is 0. The molecule has 0 aliphatic carbocycles. The summed E-state index contributed by atoms with van der Waals surface area (Å²) in [4.78, 5) is 2.54. The van der Waals surface area contributed by atoms with Gasteiger partial charge in [0.25, 0.3) is 0 Å². The lowest BCUT2D eigenvalue weighted by molar-refractivity contribution is 0.368. The first-order valence-corrected chi connectivity index (χ1v) is 8.19. The topological polar surface area (TPSA) is 9.23 Å². The third kappa shape index (κ3) is 6.54. The minimum absolute atomic E-state index is 0.887. The second-order valence-corrected chi connectivity index (χ2v) is 6.03. The van der Waals surface area contributed by atoms with Crippen molar-refractivity contribution in [2.45, 2.75) is 0 Å². The Bertz CT molecular complexity index is 786. The molecular formula is C18H15BF4OS. The molecule has 0 spiro atoms. The van der Waals surface area contributed by atoms with Gasteiger partial charge in [0.2, 0.25) is 21.1 Å². The van der Waals surface area contributed by atoms with Crippen LogP contribution in [0.3, 0.4) is 0 Å². The van der Waals surface area contributed by atoms with Crippen molar-refractivity contribution in [1.29, 1.82) is 0 Å². The van der Waals surface area contributed by atoms with E-state index in [2.05, 4.69) is 54.6 Å². The van der Waals surface area contributed by atoms with E-state index in [9.17, 15) is 17.3 Å². The molecule has 0 aliphatic heterocycles. The van der Waals surface area contributed by atoms with Crippen molar-refractivity contribution in [1.82, 2.24) is 0 Å². The van der Waals surface area contributed by atoms with Crippen LogP contribution in [0.4, 0.5) is 17.3 Å². The van der Waals surface area contributed by atoms with Gasteiger partial charge in [-0.2, -0.15) is 0 Å². The van der Waals surface area contributed by atoms with Gasteiger partial charge in [0.1, 0.15) is 5.75 Å². The van der Waals surface area contributed by atoms with Gasteiger partial charge in [-0.1, -0.05) is 24.3 Å². The van der Waals surface area contributed by atoms with E-state index in [0.717, 1.165) is 5.75 Å². The fourth-order valence-corrected chi connectivity index (χ4v) is 3.12. The SMILES string of the molecule is COc1ccc(-c2cccc(-c3ccccc3)[s+]2)cc1.F[B-](F)(F)F. The van der Waals surface area contributed by atoms with E-state index < -0.39 is 7.25 Å². The zero-order valence-electron chi connectivity index (χ0n) is 13.3. The van der Waals surface area contributed by atoms with Crippen molar-refractivity contribution >= 4 is 18.6 Å². The molecule has 0 radical (unpaired) electrons. The monoisotopic (exact) mass is 366 g/mol. The number of halogens is 4. The van der Waals surface area contributed by atoms with Crippen molar-refractivity contribution in [3.05, 3.63) is 72.8 Å². The van der Waals surface area contributed by atoms with Crippen molar-refractivity contribution in [3.8, 4) is 26.6 Å². The molecule has 1 heterocycles. The summed E-state index contributed by atoms with van der Waals surface area (Å²) < 4.78 is 44.2. The third-order valence-corrected chi connectivity index (χ3v) is 4.33. The van der Waals surface area contributed by atoms with E-state index >= 15 is 0 Å². The van der Waals surface area contributed by atoms with Gasteiger partial charge in [0.15, 0.2) is 0 Å². The molecule has 0 fully saturated rings. The maximum Gasteiger partial charge on any atom is 0.673 e. The van der Waals surface area contributed by atoms with Gasteiger partial charge < -0.3 is 22.0 Å². The molecule has 0 saturated carbocycles. The van der Waals surface area contributed by atoms with E-state index in [1.807, 2.05) is 18.2 Å². The zero-order valence-corrected chi connectivity index (χ0v) is 14.2. The molecule has 25 heavy (non-hydrogen) atoms. The largest absolute Gasteiger partial charge is 0.673 e. The number of benzene rings is 2. The van der Waals surface area contributed by atoms with E-state index in [4.69, 9.17) is 4.74 Å². The van der Waals surface area contributed by atoms with Crippen molar-refractivity contribution in [2.24, 2.45) is 0 Å². The van der Waals surface area contributed by atoms with Crippen LogP contribution in [0.2, 0.25) is 0 Å². The molecule has 3 rings (SSSR count). The summed E-state index contributed by atoms with van der Waals surface area (Å²) in [7, 11) is -4.31. The zero-order chi connectivity index (χ0) is 18.3. The highest BCUT2D eigenvalue weighted by Crippen LogP contribution is 2.32. The number of rotatable bonds is 3. The van der Waals surface area contributed by atoms with Crippen LogP contribution in [0.25, 0.3) is 20.9 Å². The van der Waals surface area contributed by atoms with Crippen LogP contribution >= 0.6 is 11.3 Å². The van der Waals surface area contributed by atoms with Crippen LogP contribution in [-0.4, -0.2) is 14.4 Å². The highest BCUT2D eigenvalue weighted by Gasteiger charge is 2.20. The molecule has 0 saturated heterocycles. The summed E-state index contributed by atoms with van der Waals surface area (Å²) in [6.07, 6.45) is 0. The summed E-state index contributed by atoms with van der Waals surface area (Å²) >= 11 is 1.80. The lowest BCUT2D eigenvalue weighted by atomic mass is 10.1. The smallest absolute Gasteiger partial charge is 0.497 e. The van der Waals surface area contributed by atoms with Crippen LogP contribution in [0, 0.1) is 0 Å². The average molecular weight is 366 g/mol. The van der Waals surface area contributed by atoms with Gasteiger partial charge in [0.05, 0.1) is 7.11 Å². The van der Waals surface area contributed by atoms with E-state index in [-0.39, 0.29) is 0 Å². The first-order valence-electron chi connectivity index (χ1n) is 7.37. The van der Waals surface area contributed by atoms with E-state index in [1.54, 1.807) is 18.4 Å². The molecule has 0 unspecified atom stereocenters. The maximum absolute atomic E-state index is 9.75. The molecule has 1 nitrogen and oxygen atoms in total. The van der Waals surface area contributed by atoms with Crippen LogP contribution < -0.4 is 4.74 Å². The van der Waals surface area contributed by atoms with Gasteiger partial charge in [0, 0.05) is 23.3 Å². The summed E-state index contributed by atoms with van der Waals surface area (Å²) in [6, 6.07) is 25.1. The quantitative estimate of drug-likeness (QED) is 0.286. The second kappa shape index (κ2) is 8.62. The minimum atomic E-state index is -6.00. The van der Waals surface area contributed by atoms with Crippen LogP contribution in [0.15, 0.2) is 72.8 Å². The van der Waals surface area contributed by atoms with Crippen LogP contribution in [0.1, 0.15) is 0 Å². The van der Waals surface area contributed by atoms with Gasteiger partial charge in [-0.15, -0.1) is 0 Å². The predicted octanol–water partition coefficient (Wildman–Crippen LogP) is 6.67. The fraction of sp³-hybridized carbons (Fsp3) is 0.0556. The molecular weight excluding hydrogens is 351 g/mol. The molecule has 7 heteroatoms. The third-order valence-electron chi connectivity index (χ3n) is 3.15. The van der Waals surface area contributed by atoms with Crippen LogP contribution in [0.5, 0.6) is 5.75 Å². The second-order valence-electron chi connectivity index (χ2n) is 4.95. The minimum Gasteiger partial charge on any atom is -0.497 e. The van der Waals surface area contributed by atoms with Crippen molar-refractivity contribution in [2.75, 3.05) is 7.11 Å². The Morgan fingerprint density at radius 2 is 1.16 bits per heavy atom. The van der Waals surface area contributed by atoms with Crippen LogP contribution in [-0.2, 0) is 0 Å².